The Morgan fingerprint density at radius 1 is 1.18 bits per heavy atom. The van der Waals surface area contributed by atoms with Crippen molar-refractivity contribution in [1.82, 2.24) is 5.32 Å². The third kappa shape index (κ3) is 6.70. The number of ether oxygens (including phenoxy) is 2. The van der Waals surface area contributed by atoms with Crippen molar-refractivity contribution in [2.24, 2.45) is 0 Å². The van der Waals surface area contributed by atoms with Crippen LogP contribution in [0.25, 0.3) is 0 Å². The van der Waals surface area contributed by atoms with Crippen molar-refractivity contribution in [2.45, 2.75) is 19.3 Å². The number of nitrogens with one attached hydrogen (secondary N) is 3. The number of quaternary nitrogens is 1. The number of benzene rings is 2. The topological polar surface area (TPSA) is 47.0 Å². The van der Waals surface area contributed by atoms with Crippen LogP contribution in [-0.4, -0.2) is 44.1 Å². The summed E-state index contributed by atoms with van der Waals surface area (Å²) in [5.74, 6) is 0.108. The lowest BCUT2D eigenvalue weighted by molar-refractivity contribution is -0.925. The molecule has 2 aromatic carbocycles. The van der Waals surface area contributed by atoms with Gasteiger partial charge in [0.15, 0.2) is 5.11 Å². The lowest BCUT2D eigenvalue weighted by atomic mass is 10.2. The maximum atomic E-state index is 12.2. The van der Waals surface area contributed by atoms with Crippen LogP contribution in [0.3, 0.4) is 0 Å². The SMILES string of the molecule is FC(F)Oc1ccc(NC(=S)NC[C@H]2C[NH+](Cc3ccccc3)CCO2)cc1. The van der Waals surface area contributed by atoms with Crippen LogP contribution in [0.5, 0.6) is 5.75 Å². The molecule has 1 fully saturated rings. The molecule has 3 N–H and O–H groups in total. The van der Waals surface area contributed by atoms with Gasteiger partial charge in [-0.3, -0.25) is 0 Å². The second-order valence-electron chi connectivity index (χ2n) is 6.60. The first kappa shape index (κ1) is 20.4. The van der Waals surface area contributed by atoms with Gasteiger partial charge < -0.3 is 25.0 Å². The lowest BCUT2D eigenvalue weighted by Gasteiger charge is -2.30. The average molecular weight is 408 g/mol. The molecule has 1 aliphatic heterocycles. The Labute approximate surface area is 168 Å². The molecule has 0 radical (unpaired) electrons. The predicted octanol–water partition coefficient (Wildman–Crippen LogP) is 2.06. The van der Waals surface area contributed by atoms with E-state index in [4.69, 9.17) is 17.0 Å². The Kier molecular flexibility index (Phi) is 7.53. The molecule has 150 valence electrons. The van der Waals surface area contributed by atoms with Gasteiger partial charge in [-0.1, -0.05) is 30.3 Å². The second kappa shape index (κ2) is 10.3. The first-order valence-corrected chi connectivity index (χ1v) is 9.58. The van der Waals surface area contributed by atoms with Gasteiger partial charge in [-0.25, -0.2) is 0 Å². The first-order valence-electron chi connectivity index (χ1n) is 9.17. The molecule has 1 saturated heterocycles. The molecule has 0 amide bonds. The third-order valence-corrected chi connectivity index (χ3v) is 4.70. The first-order chi connectivity index (χ1) is 13.6. The zero-order valence-corrected chi connectivity index (χ0v) is 16.2. The maximum Gasteiger partial charge on any atom is 0.387 e. The van der Waals surface area contributed by atoms with Crippen molar-refractivity contribution < 1.29 is 23.2 Å². The Morgan fingerprint density at radius 2 is 1.93 bits per heavy atom. The number of thiocarbonyl (C=S) groups is 1. The van der Waals surface area contributed by atoms with Crippen molar-refractivity contribution in [1.29, 1.82) is 0 Å². The summed E-state index contributed by atoms with van der Waals surface area (Å²) in [6.45, 7) is 1.37. The Morgan fingerprint density at radius 3 is 2.64 bits per heavy atom. The van der Waals surface area contributed by atoms with Crippen LogP contribution in [0, 0.1) is 0 Å². The van der Waals surface area contributed by atoms with Crippen molar-refractivity contribution in [2.75, 3.05) is 31.6 Å². The summed E-state index contributed by atoms with van der Waals surface area (Å²) in [4.78, 5) is 1.48. The predicted molar refractivity (Wildman–Crippen MR) is 108 cm³/mol. The zero-order valence-electron chi connectivity index (χ0n) is 15.4. The minimum atomic E-state index is -2.83. The maximum absolute atomic E-state index is 12.2. The number of anilines is 1. The van der Waals surface area contributed by atoms with Gasteiger partial charge in [-0.15, -0.1) is 0 Å². The van der Waals surface area contributed by atoms with Crippen LogP contribution in [0.15, 0.2) is 54.6 Å². The number of rotatable bonds is 7. The summed E-state index contributed by atoms with van der Waals surface area (Å²) in [5.41, 5.74) is 2.02. The van der Waals surface area contributed by atoms with E-state index >= 15 is 0 Å². The Balaban J connectivity index is 1.41. The normalized spacial score (nSPS) is 19.2. The number of hydrogen-bond acceptors (Lipinski definition) is 3. The molecule has 2 aromatic rings. The number of morpholine rings is 1. The zero-order chi connectivity index (χ0) is 19.8. The van der Waals surface area contributed by atoms with Crippen LogP contribution in [0.4, 0.5) is 14.5 Å². The quantitative estimate of drug-likeness (QED) is 0.613. The van der Waals surface area contributed by atoms with Crippen LogP contribution >= 0.6 is 12.2 Å². The fourth-order valence-corrected chi connectivity index (χ4v) is 3.33. The molecule has 0 aliphatic carbocycles. The molecule has 0 saturated carbocycles. The average Bonchev–Trinajstić information content (AvgIpc) is 2.69. The van der Waals surface area contributed by atoms with E-state index in [9.17, 15) is 8.78 Å². The molecule has 1 heterocycles. The Hall–Kier alpha value is -2.29. The van der Waals surface area contributed by atoms with E-state index in [1.54, 1.807) is 12.1 Å². The number of alkyl halides is 2. The van der Waals surface area contributed by atoms with E-state index in [0.717, 1.165) is 26.2 Å². The highest BCUT2D eigenvalue weighted by atomic mass is 32.1. The minimum Gasteiger partial charge on any atom is -0.435 e. The molecule has 5 nitrogen and oxygen atoms in total. The van der Waals surface area contributed by atoms with Gasteiger partial charge >= 0.3 is 6.61 Å². The van der Waals surface area contributed by atoms with Crippen LogP contribution in [0.2, 0.25) is 0 Å². The number of halogens is 2. The van der Waals surface area contributed by atoms with E-state index in [1.165, 1.54) is 22.6 Å². The van der Waals surface area contributed by atoms with Crippen LogP contribution < -0.4 is 20.3 Å². The largest absolute Gasteiger partial charge is 0.435 e. The van der Waals surface area contributed by atoms with E-state index < -0.39 is 6.61 Å². The van der Waals surface area contributed by atoms with Gasteiger partial charge in [0.2, 0.25) is 0 Å². The molecular formula is C20H24F2N3O2S+. The van der Waals surface area contributed by atoms with Crippen LogP contribution in [0.1, 0.15) is 5.56 Å². The van der Waals surface area contributed by atoms with E-state index in [-0.39, 0.29) is 11.9 Å². The summed E-state index contributed by atoms with van der Waals surface area (Å²) in [7, 11) is 0. The summed E-state index contributed by atoms with van der Waals surface area (Å²) in [5, 5.41) is 6.65. The van der Waals surface area contributed by atoms with Crippen molar-refractivity contribution in [3.63, 3.8) is 0 Å². The smallest absolute Gasteiger partial charge is 0.387 e. The molecule has 3 rings (SSSR count). The molecule has 2 atom stereocenters. The van der Waals surface area contributed by atoms with Gasteiger partial charge in [0, 0.05) is 17.8 Å². The van der Waals surface area contributed by atoms with Gasteiger partial charge in [0.1, 0.15) is 31.5 Å². The van der Waals surface area contributed by atoms with Gasteiger partial charge in [-0.05, 0) is 36.5 Å². The second-order valence-corrected chi connectivity index (χ2v) is 7.01. The number of hydrogen-bond donors (Lipinski definition) is 3. The molecule has 0 spiro atoms. The minimum absolute atomic E-state index is 0.0778. The highest BCUT2D eigenvalue weighted by molar-refractivity contribution is 7.80. The Bertz CT molecular complexity index is 747. The summed E-state index contributed by atoms with van der Waals surface area (Å²) < 4.78 is 34.5. The monoisotopic (exact) mass is 408 g/mol. The van der Waals surface area contributed by atoms with E-state index in [1.807, 2.05) is 6.07 Å². The highest BCUT2D eigenvalue weighted by Gasteiger charge is 2.23. The van der Waals surface area contributed by atoms with Crippen molar-refractivity contribution in [3.05, 3.63) is 60.2 Å². The van der Waals surface area contributed by atoms with E-state index in [0.29, 0.717) is 17.3 Å². The fourth-order valence-electron chi connectivity index (χ4n) is 3.13. The van der Waals surface area contributed by atoms with Crippen molar-refractivity contribution >= 4 is 23.0 Å². The van der Waals surface area contributed by atoms with Gasteiger partial charge in [-0.2, -0.15) is 8.78 Å². The molecule has 0 aromatic heterocycles. The standard InChI is InChI=1S/C20H23F2N3O2S/c21-19(22)27-17-8-6-16(7-9-17)24-20(28)23-12-18-14-25(10-11-26-18)13-15-4-2-1-3-5-15/h1-9,18-19H,10-14H2,(H2,23,24,28)/p+1/t18-/m0/s1. The van der Waals surface area contributed by atoms with Gasteiger partial charge in [0.05, 0.1) is 6.61 Å². The molecular weight excluding hydrogens is 384 g/mol. The van der Waals surface area contributed by atoms with E-state index in [2.05, 4.69) is 39.6 Å². The van der Waals surface area contributed by atoms with Crippen molar-refractivity contribution in [3.8, 4) is 5.75 Å². The summed E-state index contributed by atoms with van der Waals surface area (Å²) in [6.07, 6.45) is 0.0778. The highest BCUT2D eigenvalue weighted by Crippen LogP contribution is 2.17. The lowest BCUT2D eigenvalue weighted by Crippen LogP contribution is -3.13. The van der Waals surface area contributed by atoms with Crippen LogP contribution in [-0.2, 0) is 11.3 Å². The summed E-state index contributed by atoms with van der Waals surface area (Å²) in [6, 6.07) is 16.6. The molecule has 1 aliphatic rings. The third-order valence-electron chi connectivity index (χ3n) is 4.45. The summed E-state index contributed by atoms with van der Waals surface area (Å²) >= 11 is 5.31. The fraction of sp³-hybridized carbons (Fsp3) is 0.350. The van der Waals surface area contributed by atoms with Gasteiger partial charge in [0.25, 0.3) is 0 Å². The molecule has 1 unspecified atom stereocenters. The molecule has 8 heteroatoms. The molecule has 28 heavy (non-hydrogen) atoms. The molecule has 0 bridgehead atoms.